The highest BCUT2D eigenvalue weighted by atomic mass is 19.4. The van der Waals surface area contributed by atoms with E-state index in [2.05, 4.69) is 5.32 Å². The maximum absolute atomic E-state index is 12.7. The second-order valence-electron chi connectivity index (χ2n) is 6.56. The second kappa shape index (κ2) is 6.69. The third-order valence-electron chi connectivity index (χ3n) is 3.03. The normalized spacial score (nSPS) is 14.3. The first kappa shape index (κ1) is 17.8. The highest BCUT2D eigenvalue weighted by Crippen LogP contribution is 2.31. The molecule has 1 aromatic rings. The fourth-order valence-corrected chi connectivity index (χ4v) is 1.74. The highest BCUT2D eigenvalue weighted by molar-refractivity contribution is 5.30. The molecule has 0 spiro atoms. The molecule has 0 radical (unpaired) electrons. The lowest BCUT2D eigenvalue weighted by molar-refractivity contribution is -0.137. The van der Waals surface area contributed by atoms with Crippen molar-refractivity contribution in [2.75, 3.05) is 6.54 Å². The van der Waals surface area contributed by atoms with Gasteiger partial charge in [-0.3, -0.25) is 0 Å². The van der Waals surface area contributed by atoms with Gasteiger partial charge in [0.1, 0.15) is 11.9 Å². The minimum Gasteiger partial charge on any atom is -0.489 e. The summed E-state index contributed by atoms with van der Waals surface area (Å²) in [5, 5.41) is 3.32. The summed E-state index contributed by atoms with van der Waals surface area (Å²) in [4.78, 5) is 0. The molecule has 21 heavy (non-hydrogen) atoms. The van der Waals surface area contributed by atoms with E-state index in [1.807, 2.05) is 34.6 Å². The smallest absolute Gasteiger partial charge is 0.416 e. The number of rotatable bonds is 5. The van der Waals surface area contributed by atoms with Crippen molar-refractivity contribution in [3.8, 4) is 5.75 Å². The monoisotopic (exact) mass is 303 g/mol. The number of ether oxygens (including phenoxy) is 1. The number of hydrogen-bond donors (Lipinski definition) is 1. The standard InChI is InChI=1S/C16H24F3NO/c1-11(2)14(10-20-15(3,4)5)21-13-8-6-7-12(9-13)16(17,18)19/h6-9,11,14,20H,10H2,1-5H3. The van der Waals surface area contributed by atoms with Crippen LogP contribution in [0, 0.1) is 5.92 Å². The number of benzene rings is 1. The Morgan fingerprint density at radius 3 is 2.24 bits per heavy atom. The summed E-state index contributed by atoms with van der Waals surface area (Å²) in [5.74, 6) is 0.439. The SMILES string of the molecule is CC(C)C(CNC(C)(C)C)Oc1cccc(C(F)(F)F)c1. The quantitative estimate of drug-likeness (QED) is 0.865. The minimum atomic E-state index is -4.35. The van der Waals surface area contributed by atoms with Crippen molar-refractivity contribution in [3.63, 3.8) is 0 Å². The van der Waals surface area contributed by atoms with Gasteiger partial charge in [0.2, 0.25) is 0 Å². The van der Waals surface area contributed by atoms with E-state index in [9.17, 15) is 13.2 Å². The van der Waals surface area contributed by atoms with Crippen LogP contribution in [0.2, 0.25) is 0 Å². The van der Waals surface area contributed by atoms with Crippen LogP contribution in [0.4, 0.5) is 13.2 Å². The van der Waals surface area contributed by atoms with Crippen molar-refractivity contribution in [2.24, 2.45) is 5.92 Å². The molecule has 0 aliphatic rings. The Bertz CT molecular complexity index is 450. The summed E-state index contributed by atoms with van der Waals surface area (Å²) in [7, 11) is 0. The molecule has 1 N–H and O–H groups in total. The van der Waals surface area contributed by atoms with E-state index in [-0.39, 0.29) is 23.3 Å². The van der Waals surface area contributed by atoms with E-state index in [1.54, 1.807) is 6.07 Å². The molecule has 0 fully saturated rings. The Balaban J connectivity index is 2.80. The first-order valence-electron chi connectivity index (χ1n) is 7.08. The summed E-state index contributed by atoms with van der Waals surface area (Å²) in [6, 6.07) is 5.02. The van der Waals surface area contributed by atoms with E-state index in [0.29, 0.717) is 6.54 Å². The Kier molecular flexibility index (Phi) is 5.68. The fraction of sp³-hybridized carbons (Fsp3) is 0.625. The molecule has 0 heterocycles. The number of hydrogen-bond acceptors (Lipinski definition) is 2. The molecule has 0 aliphatic carbocycles. The number of alkyl halides is 3. The lowest BCUT2D eigenvalue weighted by atomic mass is 10.0. The predicted octanol–water partition coefficient (Wildman–Crippen LogP) is 4.50. The second-order valence-corrected chi connectivity index (χ2v) is 6.56. The average Bonchev–Trinajstić information content (AvgIpc) is 2.32. The van der Waals surface area contributed by atoms with Crippen molar-refractivity contribution in [3.05, 3.63) is 29.8 Å². The molecule has 120 valence electrons. The van der Waals surface area contributed by atoms with Crippen LogP contribution in [0.3, 0.4) is 0 Å². The molecule has 0 saturated carbocycles. The van der Waals surface area contributed by atoms with Crippen LogP contribution >= 0.6 is 0 Å². The minimum absolute atomic E-state index is 0.0652. The molecule has 5 heteroatoms. The maximum Gasteiger partial charge on any atom is 0.416 e. The van der Waals surface area contributed by atoms with E-state index in [0.717, 1.165) is 12.1 Å². The third kappa shape index (κ3) is 6.38. The first-order chi connectivity index (χ1) is 9.49. The van der Waals surface area contributed by atoms with Gasteiger partial charge in [-0.15, -0.1) is 0 Å². The van der Waals surface area contributed by atoms with Crippen LogP contribution in [-0.2, 0) is 6.18 Å². The summed E-state index contributed by atoms with van der Waals surface area (Å²) >= 11 is 0. The first-order valence-corrected chi connectivity index (χ1v) is 7.08. The molecule has 2 nitrogen and oxygen atoms in total. The Hall–Kier alpha value is -1.23. The summed E-state index contributed by atoms with van der Waals surface area (Å²) < 4.78 is 43.8. The molecule has 0 aliphatic heterocycles. The fourth-order valence-electron chi connectivity index (χ4n) is 1.74. The molecular formula is C16H24F3NO. The van der Waals surface area contributed by atoms with Crippen LogP contribution in [-0.4, -0.2) is 18.2 Å². The van der Waals surface area contributed by atoms with Crippen molar-refractivity contribution in [1.29, 1.82) is 0 Å². The van der Waals surface area contributed by atoms with Gasteiger partial charge in [0.05, 0.1) is 5.56 Å². The van der Waals surface area contributed by atoms with Gasteiger partial charge >= 0.3 is 6.18 Å². The van der Waals surface area contributed by atoms with Crippen LogP contribution in [0.25, 0.3) is 0 Å². The van der Waals surface area contributed by atoms with Gasteiger partial charge in [0.15, 0.2) is 0 Å². The van der Waals surface area contributed by atoms with Crippen molar-refractivity contribution in [1.82, 2.24) is 5.32 Å². The zero-order chi connectivity index (χ0) is 16.3. The van der Waals surface area contributed by atoms with Crippen LogP contribution in [0.5, 0.6) is 5.75 Å². The number of halogens is 3. The van der Waals surface area contributed by atoms with Crippen LogP contribution in [0.1, 0.15) is 40.2 Å². The lowest BCUT2D eigenvalue weighted by Crippen LogP contribution is -2.44. The van der Waals surface area contributed by atoms with Crippen molar-refractivity contribution >= 4 is 0 Å². The van der Waals surface area contributed by atoms with Gasteiger partial charge in [-0.1, -0.05) is 19.9 Å². The van der Waals surface area contributed by atoms with Gasteiger partial charge < -0.3 is 10.1 Å². The topological polar surface area (TPSA) is 21.3 Å². The molecule has 1 aromatic carbocycles. The van der Waals surface area contributed by atoms with Crippen LogP contribution < -0.4 is 10.1 Å². The highest BCUT2D eigenvalue weighted by Gasteiger charge is 2.31. The maximum atomic E-state index is 12.7. The van der Waals surface area contributed by atoms with Crippen molar-refractivity contribution in [2.45, 2.75) is 52.4 Å². The predicted molar refractivity (Wildman–Crippen MR) is 78.5 cm³/mol. The van der Waals surface area contributed by atoms with Gasteiger partial charge in [-0.05, 0) is 44.9 Å². The van der Waals surface area contributed by atoms with Gasteiger partial charge in [-0.2, -0.15) is 13.2 Å². The number of nitrogens with one attached hydrogen (secondary N) is 1. The molecule has 0 saturated heterocycles. The Morgan fingerprint density at radius 2 is 1.76 bits per heavy atom. The average molecular weight is 303 g/mol. The van der Waals surface area contributed by atoms with E-state index < -0.39 is 11.7 Å². The molecule has 0 aromatic heterocycles. The van der Waals surface area contributed by atoms with E-state index in [1.165, 1.54) is 6.07 Å². The zero-order valence-corrected chi connectivity index (χ0v) is 13.2. The van der Waals surface area contributed by atoms with Gasteiger partial charge in [-0.25, -0.2) is 0 Å². The summed E-state index contributed by atoms with van der Waals surface area (Å²) in [6.45, 7) is 10.7. The van der Waals surface area contributed by atoms with Gasteiger partial charge in [0.25, 0.3) is 0 Å². The zero-order valence-electron chi connectivity index (χ0n) is 13.2. The molecule has 1 unspecified atom stereocenters. The molecule has 0 bridgehead atoms. The molecular weight excluding hydrogens is 279 g/mol. The van der Waals surface area contributed by atoms with Crippen LogP contribution in [0.15, 0.2) is 24.3 Å². The summed E-state index contributed by atoms with van der Waals surface area (Å²) in [5.41, 5.74) is -0.754. The third-order valence-corrected chi connectivity index (χ3v) is 3.03. The summed E-state index contributed by atoms with van der Waals surface area (Å²) in [6.07, 6.45) is -4.54. The largest absolute Gasteiger partial charge is 0.489 e. The van der Waals surface area contributed by atoms with E-state index in [4.69, 9.17) is 4.74 Å². The van der Waals surface area contributed by atoms with E-state index >= 15 is 0 Å². The van der Waals surface area contributed by atoms with Gasteiger partial charge in [0, 0.05) is 12.1 Å². The van der Waals surface area contributed by atoms with Crippen molar-refractivity contribution < 1.29 is 17.9 Å². The molecule has 1 atom stereocenters. The lowest BCUT2D eigenvalue weighted by Gasteiger charge is -2.28. The molecule has 0 amide bonds. The molecule has 1 rings (SSSR count). The Labute approximate surface area is 124 Å². The Morgan fingerprint density at radius 1 is 1.14 bits per heavy atom.